The van der Waals surface area contributed by atoms with Crippen molar-refractivity contribution in [3.8, 4) is 11.8 Å². The molecule has 4 heterocycles. The van der Waals surface area contributed by atoms with Crippen LogP contribution < -0.4 is 30.5 Å². The Morgan fingerprint density at radius 1 is 0.648 bits per heavy atom. The van der Waals surface area contributed by atoms with Gasteiger partial charge in [0.15, 0.2) is 11.4 Å². The maximum Gasteiger partial charge on any atom is 0.408 e. The number of aliphatic hydroxyl groups excluding tert-OH is 4. The summed E-state index contributed by atoms with van der Waals surface area (Å²) >= 11 is 0. The summed E-state index contributed by atoms with van der Waals surface area (Å²) in [6.07, 6.45) is 0.766. The third-order valence-corrected chi connectivity index (χ3v) is 14.8. The number of hydrogen-bond donors (Lipinski definition) is 7. The summed E-state index contributed by atoms with van der Waals surface area (Å²) in [6, 6.07) is 8.97. The molecule has 7 N–H and O–H groups in total. The van der Waals surface area contributed by atoms with E-state index in [1.165, 1.54) is 18.1 Å². The number of allylic oxidation sites excluding steroid dienone is 2. The zero-order chi connectivity index (χ0) is 65.6. The van der Waals surface area contributed by atoms with Gasteiger partial charge in [-0.1, -0.05) is 92.8 Å². The van der Waals surface area contributed by atoms with Gasteiger partial charge in [0.1, 0.15) is 42.5 Å². The van der Waals surface area contributed by atoms with E-state index in [-0.39, 0.29) is 57.7 Å². The summed E-state index contributed by atoms with van der Waals surface area (Å²) in [6.45, 7) is 9.11. The van der Waals surface area contributed by atoms with Crippen LogP contribution in [0.3, 0.4) is 0 Å². The first-order valence-electron chi connectivity index (χ1n) is 28.8. The minimum atomic E-state index is -3.67. The molecule has 504 valence electrons. The van der Waals surface area contributed by atoms with E-state index in [1.54, 1.807) is 84.0 Å². The van der Waals surface area contributed by atoms with Crippen LogP contribution in [0.4, 0.5) is 27.2 Å². The topological polar surface area (TPSA) is 353 Å². The van der Waals surface area contributed by atoms with Crippen molar-refractivity contribution in [3.63, 3.8) is 0 Å². The summed E-state index contributed by atoms with van der Waals surface area (Å²) in [7, 11) is 2.43. The molecule has 2 aromatic heterocycles. The molecular weight excluding hydrogens is 1200 g/mol. The lowest BCUT2D eigenvalue weighted by atomic mass is 9.85. The Morgan fingerprint density at radius 2 is 1.07 bits per heavy atom. The van der Waals surface area contributed by atoms with Crippen LogP contribution in [0.5, 0.6) is 11.8 Å². The number of aliphatic carboxylic acids is 1. The van der Waals surface area contributed by atoms with Crippen LogP contribution in [0.25, 0.3) is 22.1 Å². The minimum Gasteiger partial charge on any atom is -0.548 e. The highest BCUT2D eigenvalue weighted by Crippen LogP contribution is 2.39. The second kappa shape index (κ2) is 32.9. The summed E-state index contributed by atoms with van der Waals surface area (Å²) in [4.78, 5) is 91.4. The van der Waals surface area contributed by atoms with E-state index in [0.717, 1.165) is 25.7 Å². The molecule has 4 aromatic rings. The molecule has 0 bridgehead atoms. The molecule has 10 atom stereocenters. The lowest BCUT2D eigenvalue weighted by molar-refractivity contribution is -0.310. The lowest BCUT2D eigenvalue weighted by Crippen LogP contribution is -2.57. The van der Waals surface area contributed by atoms with Crippen LogP contribution >= 0.6 is 0 Å². The quantitative estimate of drug-likeness (QED) is 0.0281. The molecule has 2 saturated heterocycles. The Labute approximate surface area is 525 Å². The number of aliphatic hydroxyl groups is 4. The number of carboxylic acid groups (broad SMARTS) is 1. The van der Waals surface area contributed by atoms with Crippen molar-refractivity contribution in [1.82, 2.24) is 40.8 Å². The number of alkyl carbamates (subject to hydrolysis) is 2. The highest BCUT2D eigenvalue weighted by Gasteiger charge is 2.48. The number of carboxylic acids is 1. The van der Waals surface area contributed by atoms with Gasteiger partial charge in [0, 0.05) is 19.4 Å². The molecule has 2 aliphatic heterocycles. The fourth-order valence-electron chi connectivity index (χ4n) is 10.2. The number of carbonyl (C=O) groups is 6. The van der Waals surface area contributed by atoms with Gasteiger partial charge in [0.25, 0.3) is 0 Å². The molecule has 0 radical (unpaired) electrons. The predicted molar refractivity (Wildman–Crippen MR) is 320 cm³/mol. The zero-order valence-corrected chi connectivity index (χ0v) is 50.5. The molecule has 2 aromatic carbocycles. The number of rotatable bonds is 18. The molecule has 4 fully saturated rings. The van der Waals surface area contributed by atoms with Crippen LogP contribution in [-0.2, 0) is 50.0 Å². The van der Waals surface area contributed by atoms with Crippen LogP contribution in [0.2, 0.25) is 0 Å². The summed E-state index contributed by atoms with van der Waals surface area (Å²) in [5.41, 5.74) is -1.78. The van der Waals surface area contributed by atoms with Crippen molar-refractivity contribution >= 4 is 58.1 Å². The largest absolute Gasteiger partial charge is 0.548 e. The first-order valence-corrected chi connectivity index (χ1v) is 28.8. The van der Waals surface area contributed by atoms with E-state index in [4.69, 9.17) is 33.9 Å². The number of esters is 2. The van der Waals surface area contributed by atoms with Gasteiger partial charge in [-0.25, -0.2) is 34.3 Å². The van der Waals surface area contributed by atoms with Crippen molar-refractivity contribution < 1.29 is 100 Å². The molecule has 25 nitrogen and oxygen atoms in total. The number of hydrogen-bond acceptors (Lipinski definition) is 22. The van der Waals surface area contributed by atoms with Gasteiger partial charge in [0.2, 0.25) is 17.7 Å². The summed E-state index contributed by atoms with van der Waals surface area (Å²) in [5.74, 6) is -11.1. The average Bonchev–Trinajstić information content (AvgIpc) is 1.76. The molecule has 4 aliphatic rings. The number of aromatic nitrogens is 4. The van der Waals surface area contributed by atoms with Crippen molar-refractivity contribution in [2.24, 2.45) is 10.8 Å². The molecule has 29 heteroatoms. The Balaban J connectivity index is 0.000000320. The Morgan fingerprint density at radius 3 is 1.45 bits per heavy atom. The molecule has 91 heavy (non-hydrogen) atoms. The van der Waals surface area contributed by atoms with Crippen LogP contribution in [0.1, 0.15) is 119 Å². The number of methoxy groups -OCH3 is 2. The Bertz CT molecular complexity index is 3180. The number of amides is 3. The number of nitrogens with one attached hydrogen (secondary N) is 3. The summed E-state index contributed by atoms with van der Waals surface area (Å²) in [5, 5.41) is 56.2. The molecular formula is C62H85F4N8O17-. The molecule has 8 rings (SSSR count). The second-order valence-corrected chi connectivity index (χ2v) is 23.7. The fraction of sp³-hybridized carbons (Fsp3) is 0.581. The van der Waals surface area contributed by atoms with Gasteiger partial charge in [-0.2, -0.15) is 17.6 Å². The Hall–Kier alpha value is -7.86. The molecule has 2 saturated carbocycles. The van der Waals surface area contributed by atoms with E-state index < -0.39 is 150 Å². The van der Waals surface area contributed by atoms with Gasteiger partial charge < -0.3 is 79.6 Å². The number of fused-ring (bicyclic) bond motifs is 2. The van der Waals surface area contributed by atoms with Gasteiger partial charge in [0.05, 0.1) is 80.3 Å². The van der Waals surface area contributed by atoms with Crippen molar-refractivity contribution in [2.75, 3.05) is 40.5 Å². The average molecular weight is 1290 g/mol. The smallest absolute Gasteiger partial charge is 0.408 e. The monoisotopic (exact) mass is 1290 g/mol. The second-order valence-electron chi connectivity index (χ2n) is 23.7. The SMILES string of the molecule is C.C.CC(C)(C)[C@H](NC(=O)O[C@@H]1CCC[C@H]1O)C(=O)[O-].COC(=O)[C@@H]1C[C@@H](Oc2nc3ccccc3nc2C(F)(F)/C=C/CO)CN1.COC(=O)[C@@H]1C[C@@H](Oc2nc3ccccc3nc2C(F)(F)/C=C/CO)CN1C(=O)[C@@H](NC(=O)O[C@@H]1CCC[C@H]1O)C(C)(C)C. The fourth-order valence-corrected chi connectivity index (χ4v) is 10.2. The van der Waals surface area contributed by atoms with Crippen LogP contribution in [-0.4, -0.2) is 183 Å². The maximum absolute atomic E-state index is 15.2. The number of nitrogens with zero attached hydrogens (tertiary/aromatic N) is 5. The summed E-state index contributed by atoms with van der Waals surface area (Å²) < 4.78 is 91.2. The third-order valence-electron chi connectivity index (χ3n) is 14.8. The molecule has 2 aliphatic carbocycles. The van der Waals surface area contributed by atoms with Crippen molar-refractivity contribution in [1.29, 1.82) is 0 Å². The van der Waals surface area contributed by atoms with E-state index in [1.807, 2.05) is 0 Å². The lowest BCUT2D eigenvalue weighted by Gasteiger charge is -2.35. The van der Waals surface area contributed by atoms with Gasteiger partial charge in [-0.05, 0) is 85.8 Å². The van der Waals surface area contributed by atoms with E-state index >= 15 is 8.78 Å². The molecule has 3 amide bonds. The van der Waals surface area contributed by atoms with Crippen molar-refractivity contribution in [2.45, 2.75) is 180 Å². The predicted octanol–water partition coefficient (Wildman–Crippen LogP) is 5.46. The van der Waals surface area contributed by atoms with Gasteiger partial charge in [-0.3, -0.25) is 9.59 Å². The number of benzene rings is 2. The third kappa shape index (κ3) is 20.3. The minimum absolute atomic E-state index is 0. The zero-order valence-electron chi connectivity index (χ0n) is 50.5. The number of likely N-dealkylation sites (tertiary alicyclic amines) is 1. The van der Waals surface area contributed by atoms with Crippen molar-refractivity contribution in [3.05, 3.63) is 84.2 Å². The molecule has 0 spiro atoms. The normalized spacial score (nSPS) is 22.3. The van der Waals surface area contributed by atoms with E-state index in [2.05, 4.69) is 40.6 Å². The molecule has 0 unspecified atom stereocenters. The first kappa shape index (κ1) is 75.6. The Kier molecular flexibility index (Phi) is 27.4. The number of ether oxygens (including phenoxy) is 6. The maximum atomic E-state index is 15.2. The number of alkyl halides is 4. The van der Waals surface area contributed by atoms with Gasteiger partial charge >= 0.3 is 36.0 Å². The standard InChI is InChI=1S/C30H38F2N4O8.C18H19F2N3O4.C12H21NO5.2CH4/c1-29(2,3)24(35-28(41)44-22-12-7-11-21(22)38)26(39)36-16-17(15-20(36)27(40)42-4)43-25-23(30(31,32)13-8-14-37)33-18-9-5-6-10-19(18)34-25;1-26-17(25)14-9-11(10-21-14)27-16-15(18(19,20)7-4-8-24)22-12-5-2-3-6-13(12)23-16;1-12(2,3)9(10(15)16)13-11(17)18-8-6-4-5-7(8)14;;/h5-6,8-10,13,17,20-22,24,37-38H,7,11-12,14-16H2,1-4H3,(H,35,41);2-7,11,14,21,24H,8-10H2,1H3;7-9,14H,4-6H2,1-3H3,(H,13,17)(H,15,16);2*1H4/p-1/b13-8+;7-4+;;;/t17-,20+,21-,22-,24-;11-,14+;7-,8-,9-;;/m111../s1. The van der Waals surface area contributed by atoms with E-state index in [9.17, 15) is 52.9 Å². The number of carbonyl (C=O) groups excluding carboxylic acids is 6. The van der Waals surface area contributed by atoms with Gasteiger partial charge in [-0.15, -0.1) is 0 Å². The van der Waals surface area contributed by atoms with Crippen LogP contribution in [0, 0.1) is 10.8 Å². The van der Waals surface area contributed by atoms with Crippen LogP contribution in [0.15, 0.2) is 72.8 Å². The number of halogens is 4. The number of para-hydroxylation sites is 4. The van der Waals surface area contributed by atoms with E-state index in [0.29, 0.717) is 55.3 Å². The first-order chi connectivity index (χ1) is 41.9. The highest BCUT2D eigenvalue weighted by atomic mass is 19.3. The highest BCUT2D eigenvalue weighted by molar-refractivity contribution is 5.91.